The van der Waals surface area contributed by atoms with Crippen molar-refractivity contribution >= 4 is 58.9 Å². The number of sulfonamides is 1. The second-order valence-electron chi connectivity index (χ2n) is 6.87. The Hall–Kier alpha value is -1.00. The van der Waals surface area contributed by atoms with Crippen molar-refractivity contribution in [3.8, 4) is 0 Å². The van der Waals surface area contributed by atoms with Crippen LogP contribution in [0.1, 0.15) is 19.8 Å². The van der Waals surface area contributed by atoms with Crippen LogP contribution in [0, 0.1) is 0 Å². The van der Waals surface area contributed by atoms with E-state index in [1.165, 1.54) is 0 Å². The molecule has 0 amide bonds. The van der Waals surface area contributed by atoms with Crippen molar-refractivity contribution in [2.75, 3.05) is 42.8 Å². The van der Waals surface area contributed by atoms with Crippen LogP contribution in [0.5, 0.6) is 0 Å². The molecule has 1 atom stereocenters. The molecular formula is C21H30N2O3S4. The molecule has 0 aliphatic rings. The SMILES string of the molecule is CCCS(=O)C/C=C\SSCCCNS(=O)(=O)c1cccc2c(N(C)C)cccc12. The highest BCUT2D eigenvalue weighted by Crippen LogP contribution is 2.30. The van der Waals surface area contributed by atoms with Crippen molar-refractivity contribution in [3.63, 3.8) is 0 Å². The Kier molecular flexibility index (Phi) is 10.7. The Morgan fingerprint density at radius 1 is 1.13 bits per heavy atom. The molecule has 0 aliphatic carbocycles. The van der Waals surface area contributed by atoms with Crippen molar-refractivity contribution in [1.29, 1.82) is 0 Å². The zero-order valence-corrected chi connectivity index (χ0v) is 20.9. The highest BCUT2D eigenvalue weighted by atomic mass is 33.1. The first-order chi connectivity index (χ1) is 14.4. The summed E-state index contributed by atoms with van der Waals surface area (Å²) < 4.78 is 39.9. The minimum absolute atomic E-state index is 0.314. The lowest BCUT2D eigenvalue weighted by atomic mass is 10.1. The van der Waals surface area contributed by atoms with E-state index in [1.54, 1.807) is 33.7 Å². The fourth-order valence-corrected chi connectivity index (χ4v) is 6.96. The maximum absolute atomic E-state index is 12.8. The van der Waals surface area contributed by atoms with Crippen molar-refractivity contribution in [1.82, 2.24) is 4.72 Å². The monoisotopic (exact) mass is 486 g/mol. The molecule has 0 radical (unpaired) electrons. The van der Waals surface area contributed by atoms with Gasteiger partial charge in [-0.25, -0.2) is 13.1 Å². The number of fused-ring (bicyclic) bond motifs is 1. The fourth-order valence-electron chi connectivity index (χ4n) is 2.89. The van der Waals surface area contributed by atoms with Gasteiger partial charge in [-0.2, -0.15) is 0 Å². The highest BCUT2D eigenvalue weighted by Gasteiger charge is 2.17. The molecule has 2 rings (SSSR count). The van der Waals surface area contributed by atoms with Gasteiger partial charge in [-0.05, 0) is 30.4 Å². The number of nitrogens with one attached hydrogen (secondary N) is 1. The summed E-state index contributed by atoms with van der Waals surface area (Å²) in [7, 11) is 2.81. The van der Waals surface area contributed by atoms with E-state index in [-0.39, 0.29) is 0 Å². The van der Waals surface area contributed by atoms with Gasteiger partial charge in [0.1, 0.15) is 0 Å². The second-order valence-corrected chi connectivity index (χ2v) is 12.6. The molecule has 1 N–H and O–H groups in total. The van der Waals surface area contributed by atoms with E-state index in [9.17, 15) is 12.6 Å². The van der Waals surface area contributed by atoms with Gasteiger partial charge in [-0.15, -0.1) is 0 Å². The number of rotatable bonds is 13. The normalized spacial score (nSPS) is 13.2. The molecule has 166 valence electrons. The van der Waals surface area contributed by atoms with E-state index in [1.807, 2.05) is 61.7 Å². The standard InChI is InChI=1S/C21H30N2O3S4/c1-4-16-29(24)17-8-15-28-27-14-7-13-22-30(25,26)21-12-6-9-18-19(21)10-5-11-20(18)23(2)3/h5-6,8-12,15,22H,4,7,13-14,16-17H2,1-3H3/b15-8-. The van der Waals surface area contributed by atoms with E-state index in [4.69, 9.17) is 0 Å². The molecular weight excluding hydrogens is 457 g/mol. The van der Waals surface area contributed by atoms with Crippen molar-refractivity contribution in [2.45, 2.75) is 24.7 Å². The van der Waals surface area contributed by atoms with Crippen LogP contribution in [0.2, 0.25) is 0 Å². The van der Waals surface area contributed by atoms with Crippen LogP contribution in [0.4, 0.5) is 5.69 Å². The van der Waals surface area contributed by atoms with Crippen molar-refractivity contribution in [3.05, 3.63) is 47.9 Å². The second kappa shape index (κ2) is 12.8. The first-order valence-corrected chi connectivity index (χ1v) is 15.2. The van der Waals surface area contributed by atoms with Gasteiger partial charge in [0.25, 0.3) is 0 Å². The summed E-state index contributed by atoms with van der Waals surface area (Å²) in [6.07, 6.45) is 3.61. The van der Waals surface area contributed by atoms with Crippen LogP contribution < -0.4 is 9.62 Å². The van der Waals surface area contributed by atoms with E-state index < -0.39 is 20.8 Å². The third kappa shape index (κ3) is 7.60. The Bertz CT molecular complexity index is 975. The van der Waals surface area contributed by atoms with E-state index in [2.05, 4.69) is 4.72 Å². The summed E-state index contributed by atoms with van der Waals surface area (Å²) >= 11 is 0. The lowest BCUT2D eigenvalue weighted by Crippen LogP contribution is -2.25. The first kappa shape index (κ1) is 25.3. The molecule has 0 spiro atoms. The summed E-state index contributed by atoms with van der Waals surface area (Å²) in [5.41, 5.74) is 0.990. The Labute approximate surface area is 191 Å². The van der Waals surface area contributed by atoms with Crippen molar-refractivity contribution in [2.24, 2.45) is 0 Å². The molecule has 0 heterocycles. The van der Waals surface area contributed by atoms with Gasteiger partial charge in [0.2, 0.25) is 10.0 Å². The molecule has 0 saturated carbocycles. The highest BCUT2D eigenvalue weighted by molar-refractivity contribution is 8.77. The number of nitrogens with zero attached hydrogens (tertiary/aromatic N) is 1. The zero-order chi connectivity index (χ0) is 22.0. The molecule has 0 bridgehead atoms. The average Bonchev–Trinajstić information content (AvgIpc) is 2.71. The predicted molar refractivity (Wildman–Crippen MR) is 135 cm³/mol. The Balaban J connectivity index is 1.85. The van der Waals surface area contributed by atoms with Gasteiger partial charge in [0.15, 0.2) is 0 Å². The molecule has 5 nitrogen and oxygen atoms in total. The van der Waals surface area contributed by atoms with Crippen molar-refractivity contribution < 1.29 is 12.6 Å². The van der Waals surface area contributed by atoms with Crippen LogP contribution in [-0.4, -0.2) is 50.5 Å². The molecule has 2 aromatic rings. The summed E-state index contributed by atoms with van der Waals surface area (Å²) in [5.74, 6) is 2.17. The van der Waals surface area contributed by atoms with Gasteiger partial charge in [0.05, 0.1) is 4.90 Å². The number of anilines is 1. The first-order valence-electron chi connectivity index (χ1n) is 9.83. The molecule has 0 saturated heterocycles. The number of hydrogen-bond donors (Lipinski definition) is 1. The molecule has 0 fully saturated rings. The number of hydrogen-bond acceptors (Lipinski definition) is 6. The number of benzene rings is 2. The van der Waals surface area contributed by atoms with Gasteiger partial charge >= 0.3 is 0 Å². The molecule has 9 heteroatoms. The zero-order valence-electron chi connectivity index (χ0n) is 17.7. The Morgan fingerprint density at radius 3 is 2.60 bits per heavy atom. The van der Waals surface area contributed by atoms with Crippen LogP contribution in [0.3, 0.4) is 0 Å². The van der Waals surface area contributed by atoms with Crippen LogP contribution in [0.15, 0.2) is 52.8 Å². The van der Waals surface area contributed by atoms with Gasteiger partial charge in [-0.3, -0.25) is 4.21 Å². The topological polar surface area (TPSA) is 66.5 Å². The smallest absolute Gasteiger partial charge is 0.241 e. The molecule has 2 aromatic carbocycles. The third-order valence-electron chi connectivity index (χ3n) is 4.26. The quantitative estimate of drug-likeness (QED) is 0.329. The Morgan fingerprint density at radius 2 is 1.87 bits per heavy atom. The molecule has 1 unspecified atom stereocenters. The fraction of sp³-hybridized carbons (Fsp3) is 0.429. The summed E-state index contributed by atoms with van der Waals surface area (Å²) in [4.78, 5) is 2.30. The lowest BCUT2D eigenvalue weighted by molar-refractivity contribution is 0.582. The minimum Gasteiger partial charge on any atom is -0.377 e. The van der Waals surface area contributed by atoms with Gasteiger partial charge in [-0.1, -0.05) is 58.9 Å². The van der Waals surface area contributed by atoms with Gasteiger partial charge in [0, 0.05) is 65.2 Å². The molecule has 0 aliphatic heterocycles. The minimum atomic E-state index is -3.58. The summed E-state index contributed by atoms with van der Waals surface area (Å²) in [5, 5.41) is 3.61. The molecule has 0 aromatic heterocycles. The summed E-state index contributed by atoms with van der Waals surface area (Å²) in [6, 6.07) is 11.1. The largest absolute Gasteiger partial charge is 0.377 e. The van der Waals surface area contributed by atoms with Crippen LogP contribution in [-0.2, 0) is 20.8 Å². The predicted octanol–water partition coefficient (Wildman–Crippen LogP) is 4.63. The van der Waals surface area contributed by atoms with Crippen LogP contribution in [0.25, 0.3) is 10.8 Å². The van der Waals surface area contributed by atoms with E-state index in [0.717, 1.165) is 40.8 Å². The molecule has 30 heavy (non-hydrogen) atoms. The summed E-state index contributed by atoms with van der Waals surface area (Å²) in [6.45, 7) is 2.42. The third-order valence-corrected chi connectivity index (χ3v) is 9.34. The average molecular weight is 487 g/mol. The van der Waals surface area contributed by atoms with Crippen LogP contribution >= 0.6 is 21.6 Å². The van der Waals surface area contributed by atoms with E-state index >= 15 is 0 Å². The lowest BCUT2D eigenvalue weighted by Gasteiger charge is -2.17. The maximum Gasteiger partial charge on any atom is 0.241 e. The van der Waals surface area contributed by atoms with Gasteiger partial charge < -0.3 is 4.90 Å². The maximum atomic E-state index is 12.8. The van der Waals surface area contributed by atoms with E-state index in [0.29, 0.717) is 17.2 Å².